The van der Waals surface area contributed by atoms with Gasteiger partial charge in [-0.15, -0.1) is 0 Å². The van der Waals surface area contributed by atoms with Gasteiger partial charge in [0.15, 0.2) is 0 Å². The number of carbonyl (C=O) groups is 1. The zero-order valence-electron chi connectivity index (χ0n) is 12.6. The molecule has 114 valence electrons. The third-order valence-electron chi connectivity index (χ3n) is 4.56. The summed E-state index contributed by atoms with van der Waals surface area (Å²) in [6.45, 7) is 3.48. The Hall–Kier alpha value is -1.39. The molecule has 2 aliphatic heterocycles. The SMILES string of the molecule is COC(=O)C1CCCN(CC2OCCc3ccccc32)C1. The summed E-state index contributed by atoms with van der Waals surface area (Å²) >= 11 is 0. The molecule has 0 spiro atoms. The third kappa shape index (κ3) is 3.27. The van der Waals surface area contributed by atoms with Crippen molar-refractivity contribution in [3.05, 3.63) is 35.4 Å². The van der Waals surface area contributed by atoms with Gasteiger partial charge in [-0.05, 0) is 36.9 Å². The molecule has 3 rings (SSSR count). The first-order valence-corrected chi connectivity index (χ1v) is 7.77. The predicted molar refractivity (Wildman–Crippen MR) is 80.0 cm³/mol. The summed E-state index contributed by atoms with van der Waals surface area (Å²) in [4.78, 5) is 14.1. The molecule has 1 aromatic carbocycles. The lowest BCUT2D eigenvalue weighted by Gasteiger charge is -2.35. The van der Waals surface area contributed by atoms with E-state index in [2.05, 4.69) is 29.2 Å². The number of ether oxygens (including phenoxy) is 2. The minimum atomic E-state index is -0.0790. The summed E-state index contributed by atoms with van der Waals surface area (Å²) in [6, 6.07) is 8.53. The second kappa shape index (κ2) is 6.58. The third-order valence-corrected chi connectivity index (χ3v) is 4.56. The Balaban J connectivity index is 1.66. The molecule has 0 radical (unpaired) electrons. The second-order valence-electron chi connectivity index (χ2n) is 5.93. The lowest BCUT2D eigenvalue weighted by molar-refractivity contribution is -0.147. The Morgan fingerprint density at radius 3 is 3.14 bits per heavy atom. The van der Waals surface area contributed by atoms with Crippen LogP contribution in [0.25, 0.3) is 0 Å². The molecule has 0 aliphatic carbocycles. The van der Waals surface area contributed by atoms with Gasteiger partial charge < -0.3 is 9.47 Å². The summed E-state index contributed by atoms with van der Waals surface area (Å²) in [5.41, 5.74) is 2.71. The molecule has 21 heavy (non-hydrogen) atoms. The van der Waals surface area contributed by atoms with Crippen LogP contribution in [0, 0.1) is 5.92 Å². The molecule has 2 unspecified atom stereocenters. The number of esters is 1. The fourth-order valence-electron chi connectivity index (χ4n) is 3.44. The van der Waals surface area contributed by atoms with E-state index in [0.717, 1.165) is 45.5 Å². The number of likely N-dealkylation sites (tertiary alicyclic amines) is 1. The number of nitrogens with zero attached hydrogens (tertiary/aromatic N) is 1. The molecule has 0 saturated carbocycles. The molecule has 4 heteroatoms. The molecular formula is C17H23NO3. The average molecular weight is 289 g/mol. The summed E-state index contributed by atoms with van der Waals surface area (Å²) < 4.78 is 10.9. The molecule has 1 saturated heterocycles. The first-order valence-electron chi connectivity index (χ1n) is 7.77. The van der Waals surface area contributed by atoms with Crippen LogP contribution in [-0.2, 0) is 20.7 Å². The fourth-order valence-corrected chi connectivity index (χ4v) is 3.44. The van der Waals surface area contributed by atoms with Crippen molar-refractivity contribution in [2.75, 3.05) is 33.4 Å². The van der Waals surface area contributed by atoms with Gasteiger partial charge in [-0.25, -0.2) is 0 Å². The molecule has 2 atom stereocenters. The van der Waals surface area contributed by atoms with Gasteiger partial charge in [0.05, 0.1) is 25.7 Å². The minimum Gasteiger partial charge on any atom is -0.469 e. The lowest BCUT2D eigenvalue weighted by Crippen LogP contribution is -2.42. The number of fused-ring (bicyclic) bond motifs is 1. The zero-order valence-corrected chi connectivity index (χ0v) is 12.6. The van der Waals surface area contributed by atoms with Gasteiger partial charge in [0.2, 0.25) is 0 Å². The minimum absolute atomic E-state index is 0.0163. The van der Waals surface area contributed by atoms with Crippen LogP contribution in [0.5, 0.6) is 0 Å². The summed E-state index contributed by atoms with van der Waals surface area (Å²) in [5.74, 6) is -0.0627. The standard InChI is InChI=1S/C17H23NO3/c1-20-17(19)14-6-4-9-18(11-14)12-16-15-7-3-2-5-13(15)8-10-21-16/h2-3,5,7,14,16H,4,6,8-12H2,1H3. The highest BCUT2D eigenvalue weighted by Crippen LogP contribution is 2.29. The van der Waals surface area contributed by atoms with Gasteiger partial charge >= 0.3 is 5.97 Å². The van der Waals surface area contributed by atoms with Crippen LogP contribution >= 0.6 is 0 Å². The average Bonchev–Trinajstić information content (AvgIpc) is 2.55. The van der Waals surface area contributed by atoms with Crippen molar-refractivity contribution >= 4 is 5.97 Å². The molecule has 0 N–H and O–H groups in total. The van der Waals surface area contributed by atoms with Crippen molar-refractivity contribution in [2.45, 2.75) is 25.4 Å². The van der Waals surface area contributed by atoms with Crippen LogP contribution in [-0.4, -0.2) is 44.2 Å². The molecule has 0 bridgehead atoms. The number of hydrogen-bond acceptors (Lipinski definition) is 4. The van der Waals surface area contributed by atoms with Crippen molar-refractivity contribution in [1.82, 2.24) is 4.90 Å². The van der Waals surface area contributed by atoms with Crippen LogP contribution in [0.3, 0.4) is 0 Å². The van der Waals surface area contributed by atoms with Gasteiger partial charge in [0, 0.05) is 13.1 Å². The van der Waals surface area contributed by atoms with Crippen molar-refractivity contribution < 1.29 is 14.3 Å². The van der Waals surface area contributed by atoms with Crippen molar-refractivity contribution in [3.8, 4) is 0 Å². The molecule has 0 amide bonds. The van der Waals surface area contributed by atoms with Crippen LogP contribution in [0.1, 0.15) is 30.1 Å². The molecule has 2 heterocycles. The molecule has 4 nitrogen and oxygen atoms in total. The maximum Gasteiger partial charge on any atom is 0.309 e. The lowest BCUT2D eigenvalue weighted by atomic mass is 9.95. The van der Waals surface area contributed by atoms with Gasteiger partial charge in [-0.1, -0.05) is 24.3 Å². The Bertz CT molecular complexity index is 503. The highest BCUT2D eigenvalue weighted by molar-refractivity contribution is 5.72. The van der Waals surface area contributed by atoms with Crippen molar-refractivity contribution in [2.24, 2.45) is 5.92 Å². The Morgan fingerprint density at radius 1 is 1.43 bits per heavy atom. The smallest absolute Gasteiger partial charge is 0.309 e. The highest BCUT2D eigenvalue weighted by atomic mass is 16.5. The number of piperidine rings is 1. The highest BCUT2D eigenvalue weighted by Gasteiger charge is 2.29. The van der Waals surface area contributed by atoms with Gasteiger partial charge in [0.25, 0.3) is 0 Å². The van der Waals surface area contributed by atoms with E-state index in [4.69, 9.17) is 9.47 Å². The Labute approximate surface area is 126 Å². The summed E-state index contributed by atoms with van der Waals surface area (Å²) in [7, 11) is 1.47. The first-order chi connectivity index (χ1) is 10.3. The van der Waals surface area contributed by atoms with E-state index in [0.29, 0.717) is 0 Å². The van der Waals surface area contributed by atoms with E-state index < -0.39 is 0 Å². The molecule has 0 aromatic heterocycles. The zero-order chi connectivity index (χ0) is 14.7. The van der Waals surface area contributed by atoms with E-state index in [1.54, 1.807) is 0 Å². The second-order valence-corrected chi connectivity index (χ2v) is 5.93. The first kappa shape index (κ1) is 14.5. The molecular weight excluding hydrogens is 266 g/mol. The summed E-state index contributed by atoms with van der Waals surface area (Å²) in [5, 5.41) is 0. The predicted octanol–water partition coefficient (Wildman–Crippen LogP) is 2.19. The maximum absolute atomic E-state index is 11.7. The summed E-state index contributed by atoms with van der Waals surface area (Å²) in [6.07, 6.45) is 3.11. The van der Waals surface area contributed by atoms with Crippen LogP contribution in [0.4, 0.5) is 0 Å². The number of rotatable bonds is 3. The number of benzene rings is 1. The van der Waals surface area contributed by atoms with Crippen LogP contribution in [0.2, 0.25) is 0 Å². The van der Waals surface area contributed by atoms with Crippen LogP contribution in [0.15, 0.2) is 24.3 Å². The monoisotopic (exact) mass is 289 g/mol. The number of methoxy groups -OCH3 is 1. The number of carbonyl (C=O) groups excluding carboxylic acids is 1. The van der Waals surface area contributed by atoms with E-state index in [9.17, 15) is 4.79 Å². The van der Waals surface area contributed by atoms with E-state index in [1.807, 2.05) is 0 Å². The van der Waals surface area contributed by atoms with E-state index in [-0.39, 0.29) is 18.0 Å². The van der Waals surface area contributed by atoms with E-state index in [1.165, 1.54) is 18.2 Å². The molecule has 1 aromatic rings. The fraction of sp³-hybridized carbons (Fsp3) is 0.588. The van der Waals surface area contributed by atoms with Gasteiger partial charge in [-0.2, -0.15) is 0 Å². The van der Waals surface area contributed by atoms with Crippen LogP contribution < -0.4 is 0 Å². The molecule has 1 fully saturated rings. The van der Waals surface area contributed by atoms with Crippen molar-refractivity contribution in [3.63, 3.8) is 0 Å². The normalized spacial score (nSPS) is 26.1. The van der Waals surface area contributed by atoms with E-state index >= 15 is 0 Å². The quantitative estimate of drug-likeness (QED) is 0.800. The topological polar surface area (TPSA) is 38.8 Å². The van der Waals surface area contributed by atoms with Gasteiger partial charge in [-0.3, -0.25) is 9.69 Å². The van der Waals surface area contributed by atoms with Gasteiger partial charge in [0.1, 0.15) is 0 Å². The largest absolute Gasteiger partial charge is 0.469 e. The van der Waals surface area contributed by atoms with Crippen molar-refractivity contribution in [1.29, 1.82) is 0 Å². The Morgan fingerprint density at radius 2 is 2.29 bits per heavy atom. The maximum atomic E-state index is 11.7. The number of hydrogen-bond donors (Lipinski definition) is 0. The molecule has 2 aliphatic rings. The Kier molecular flexibility index (Phi) is 4.56.